The van der Waals surface area contributed by atoms with Crippen molar-refractivity contribution in [3.63, 3.8) is 0 Å². The molecule has 0 spiro atoms. The molecule has 0 atom stereocenters. The molecule has 22 heavy (non-hydrogen) atoms. The Labute approximate surface area is 131 Å². The van der Waals surface area contributed by atoms with Crippen LogP contribution in [0.4, 0.5) is 4.39 Å². The van der Waals surface area contributed by atoms with Gasteiger partial charge in [-0.3, -0.25) is 4.79 Å². The highest BCUT2D eigenvalue weighted by Crippen LogP contribution is 2.24. The molecule has 3 nitrogen and oxygen atoms in total. The number of nitrogens with one attached hydrogen (secondary N) is 1. The molecule has 1 aromatic heterocycles. The van der Waals surface area contributed by atoms with E-state index in [1.54, 1.807) is 18.3 Å². The summed E-state index contributed by atoms with van der Waals surface area (Å²) in [7, 11) is 0. The number of halogens is 1. The van der Waals surface area contributed by atoms with Gasteiger partial charge in [-0.2, -0.15) is 0 Å². The van der Waals surface area contributed by atoms with Gasteiger partial charge in [0.15, 0.2) is 0 Å². The Morgan fingerprint density at radius 1 is 1.09 bits per heavy atom. The van der Waals surface area contributed by atoms with Crippen LogP contribution in [0.1, 0.15) is 15.2 Å². The second-order valence-electron chi connectivity index (χ2n) is 4.70. The summed E-state index contributed by atoms with van der Waals surface area (Å²) in [6, 6.07) is 15.8. The van der Waals surface area contributed by atoms with Gasteiger partial charge in [0.05, 0.1) is 6.20 Å². The van der Waals surface area contributed by atoms with Crippen LogP contribution >= 0.6 is 11.3 Å². The van der Waals surface area contributed by atoms with Crippen LogP contribution < -0.4 is 5.32 Å². The molecule has 2 aromatic carbocycles. The summed E-state index contributed by atoms with van der Waals surface area (Å²) in [5.41, 5.74) is 1.84. The lowest BCUT2D eigenvalue weighted by Gasteiger charge is -2.03. The van der Waals surface area contributed by atoms with E-state index in [1.807, 2.05) is 30.3 Å². The number of carbonyl (C=O) groups excluding carboxylic acids is 1. The first-order valence-corrected chi connectivity index (χ1v) is 7.58. The third-order valence-electron chi connectivity index (χ3n) is 3.12. The van der Waals surface area contributed by atoms with E-state index >= 15 is 0 Å². The van der Waals surface area contributed by atoms with Crippen molar-refractivity contribution in [3.8, 4) is 10.6 Å². The van der Waals surface area contributed by atoms with Crippen molar-refractivity contribution in [3.05, 3.63) is 77.1 Å². The second kappa shape index (κ2) is 6.49. The first kappa shape index (κ1) is 14.4. The van der Waals surface area contributed by atoms with Crippen LogP contribution in [0.2, 0.25) is 0 Å². The number of nitrogens with zero attached hydrogens (tertiary/aromatic N) is 1. The fourth-order valence-electron chi connectivity index (χ4n) is 1.96. The lowest BCUT2D eigenvalue weighted by Crippen LogP contribution is -2.21. The molecule has 0 aliphatic heterocycles. The summed E-state index contributed by atoms with van der Waals surface area (Å²) >= 11 is 1.35. The van der Waals surface area contributed by atoms with E-state index in [2.05, 4.69) is 10.3 Å². The van der Waals surface area contributed by atoms with E-state index in [0.717, 1.165) is 16.1 Å². The molecule has 0 saturated carbocycles. The van der Waals surface area contributed by atoms with Crippen molar-refractivity contribution in [1.82, 2.24) is 10.3 Å². The number of amides is 1. The molecule has 0 radical (unpaired) electrons. The van der Waals surface area contributed by atoms with E-state index in [4.69, 9.17) is 0 Å². The van der Waals surface area contributed by atoms with Crippen molar-refractivity contribution in [2.45, 2.75) is 6.54 Å². The first-order chi connectivity index (χ1) is 10.7. The van der Waals surface area contributed by atoms with E-state index in [9.17, 15) is 9.18 Å². The molecule has 0 unspecified atom stereocenters. The van der Waals surface area contributed by atoms with Crippen LogP contribution in [0.25, 0.3) is 10.6 Å². The predicted molar refractivity (Wildman–Crippen MR) is 85.1 cm³/mol. The highest BCUT2D eigenvalue weighted by molar-refractivity contribution is 7.16. The van der Waals surface area contributed by atoms with E-state index in [-0.39, 0.29) is 11.7 Å². The first-order valence-electron chi connectivity index (χ1n) is 6.76. The Hall–Kier alpha value is -2.53. The molecule has 0 bridgehead atoms. The van der Waals surface area contributed by atoms with Gasteiger partial charge in [-0.15, -0.1) is 11.3 Å². The van der Waals surface area contributed by atoms with Gasteiger partial charge in [-0.1, -0.05) is 42.5 Å². The lowest BCUT2D eigenvalue weighted by molar-refractivity contribution is 0.0955. The average Bonchev–Trinajstić information content (AvgIpc) is 3.05. The molecule has 0 fully saturated rings. The van der Waals surface area contributed by atoms with E-state index < -0.39 is 0 Å². The monoisotopic (exact) mass is 312 g/mol. The summed E-state index contributed by atoms with van der Waals surface area (Å²) in [4.78, 5) is 17.0. The zero-order chi connectivity index (χ0) is 15.4. The van der Waals surface area contributed by atoms with Crippen LogP contribution in [0, 0.1) is 5.82 Å². The molecular formula is C17H13FN2OS. The smallest absolute Gasteiger partial charge is 0.263 e. The Bertz CT molecular complexity index is 769. The third-order valence-corrected chi connectivity index (χ3v) is 4.16. The molecule has 0 aliphatic rings. The van der Waals surface area contributed by atoms with Gasteiger partial charge in [0.1, 0.15) is 15.7 Å². The van der Waals surface area contributed by atoms with Crippen LogP contribution in [0.5, 0.6) is 0 Å². The highest BCUT2D eigenvalue weighted by atomic mass is 32.1. The van der Waals surface area contributed by atoms with Crippen molar-refractivity contribution >= 4 is 17.2 Å². The highest BCUT2D eigenvalue weighted by Gasteiger charge is 2.11. The maximum absolute atomic E-state index is 12.8. The number of aromatic nitrogens is 1. The molecular weight excluding hydrogens is 299 g/mol. The fraction of sp³-hybridized carbons (Fsp3) is 0.0588. The van der Waals surface area contributed by atoms with Gasteiger partial charge in [-0.05, 0) is 17.7 Å². The molecule has 110 valence electrons. The van der Waals surface area contributed by atoms with Crippen molar-refractivity contribution in [2.24, 2.45) is 0 Å². The number of hydrogen-bond donors (Lipinski definition) is 1. The Kier molecular flexibility index (Phi) is 4.25. The van der Waals surface area contributed by atoms with Crippen molar-refractivity contribution in [2.75, 3.05) is 0 Å². The minimum atomic E-state index is -0.287. The summed E-state index contributed by atoms with van der Waals surface area (Å²) in [5.74, 6) is -0.464. The zero-order valence-electron chi connectivity index (χ0n) is 11.6. The Morgan fingerprint density at radius 3 is 2.55 bits per heavy atom. The largest absolute Gasteiger partial charge is 0.347 e. The molecule has 1 amide bonds. The summed E-state index contributed by atoms with van der Waals surface area (Å²) < 4.78 is 12.8. The van der Waals surface area contributed by atoms with E-state index in [1.165, 1.54) is 23.5 Å². The summed E-state index contributed by atoms with van der Waals surface area (Å²) in [5, 5.41) is 3.62. The van der Waals surface area contributed by atoms with Crippen LogP contribution in [-0.4, -0.2) is 10.9 Å². The van der Waals surface area contributed by atoms with Gasteiger partial charge in [0.2, 0.25) is 0 Å². The maximum atomic E-state index is 12.8. The maximum Gasteiger partial charge on any atom is 0.263 e. The van der Waals surface area contributed by atoms with Crippen molar-refractivity contribution in [1.29, 1.82) is 0 Å². The molecule has 3 rings (SSSR count). The molecule has 0 aliphatic carbocycles. The molecule has 0 saturated heterocycles. The van der Waals surface area contributed by atoms with Crippen LogP contribution in [-0.2, 0) is 6.54 Å². The lowest BCUT2D eigenvalue weighted by atomic mass is 10.2. The minimum absolute atomic E-state index is 0.177. The SMILES string of the molecule is O=C(NCc1ccc(F)cc1)c1cnc(-c2ccccc2)s1. The number of rotatable bonds is 4. The summed E-state index contributed by atoms with van der Waals surface area (Å²) in [6.45, 7) is 0.359. The van der Waals surface area contributed by atoms with Crippen LogP contribution in [0.15, 0.2) is 60.8 Å². The number of carbonyl (C=O) groups is 1. The zero-order valence-corrected chi connectivity index (χ0v) is 12.4. The summed E-state index contributed by atoms with van der Waals surface area (Å²) in [6.07, 6.45) is 1.58. The normalized spacial score (nSPS) is 10.4. The predicted octanol–water partition coefficient (Wildman–Crippen LogP) is 3.88. The van der Waals surface area contributed by atoms with Gasteiger partial charge >= 0.3 is 0 Å². The number of thiazole rings is 1. The van der Waals surface area contributed by atoms with Gasteiger partial charge in [0.25, 0.3) is 5.91 Å². The Balaban J connectivity index is 1.66. The van der Waals surface area contributed by atoms with Gasteiger partial charge in [0, 0.05) is 12.1 Å². The molecule has 1 N–H and O–H groups in total. The average molecular weight is 312 g/mol. The van der Waals surface area contributed by atoms with Gasteiger partial charge < -0.3 is 5.32 Å². The fourth-order valence-corrected chi connectivity index (χ4v) is 2.80. The molecule has 3 aromatic rings. The standard InChI is InChI=1S/C17H13FN2OS/c18-14-8-6-12(7-9-14)10-19-16(21)15-11-20-17(22-15)13-4-2-1-3-5-13/h1-9,11H,10H2,(H,19,21). The minimum Gasteiger partial charge on any atom is -0.347 e. The third kappa shape index (κ3) is 3.38. The Morgan fingerprint density at radius 2 is 1.82 bits per heavy atom. The van der Waals surface area contributed by atoms with Gasteiger partial charge in [-0.25, -0.2) is 9.37 Å². The quantitative estimate of drug-likeness (QED) is 0.794. The molecule has 1 heterocycles. The number of benzene rings is 2. The second-order valence-corrected chi connectivity index (χ2v) is 5.74. The van der Waals surface area contributed by atoms with Crippen molar-refractivity contribution < 1.29 is 9.18 Å². The topological polar surface area (TPSA) is 42.0 Å². The van der Waals surface area contributed by atoms with E-state index in [0.29, 0.717) is 11.4 Å². The number of hydrogen-bond acceptors (Lipinski definition) is 3. The molecule has 5 heteroatoms. The van der Waals surface area contributed by atoms with Crippen LogP contribution in [0.3, 0.4) is 0 Å².